The van der Waals surface area contributed by atoms with Gasteiger partial charge in [0.1, 0.15) is 0 Å². The van der Waals surface area contributed by atoms with E-state index in [9.17, 15) is 4.79 Å². The van der Waals surface area contributed by atoms with Crippen molar-refractivity contribution in [3.8, 4) is 0 Å². The summed E-state index contributed by atoms with van der Waals surface area (Å²) in [5.74, 6) is 0. The lowest BCUT2D eigenvalue weighted by atomic mass is 10.1. The fourth-order valence-corrected chi connectivity index (χ4v) is 2.03. The fraction of sp³-hybridized carbons (Fsp3) is 0.900. The van der Waals surface area contributed by atoms with Crippen LogP contribution in [0.4, 0.5) is 4.79 Å². The van der Waals surface area contributed by atoms with Crippen molar-refractivity contribution in [2.45, 2.75) is 26.3 Å². The van der Waals surface area contributed by atoms with E-state index in [0.717, 1.165) is 32.6 Å². The first-order valence-electron chi connectivity index (χ1n) is 5.44. The topological polar surface area (TPSA) is 35.6 Å². The van der Waals surface area contributed by atoms with Gasteiger partial charge >= 0.3 is 6.03 Å². The molecule has 1 aliphatic heterocycles. The first-order valence-corrected chi connectivity index (χ1v) is 5.44. The highest BCUT2D eigenvalue weighted by molar-refractivity contribution is 5.75. The van der Waals surface area contributed by atoms with Crippen molar-refractivity contribution in [1.29, 1.82) is 0 Å². The monoisotopic (exact) mass is 199 g/mol. The Kier molecular flexibility index (Phi) is 4.20. The Bertz CT molecular complexity index is 196. The van der Waals surface area contributed by atoms with Gasteiger partial charge in [0, 0.05) is 32.2 Å². The SMILES string of the molecule is CCN1CCC(CNC)N(CC)C1=O. The molecule has 1 saturated heterocycles. The van der Waals surface area contributed by atoms with Crippen LogP contribution in [-0.4, -0.2) is 55.1 Å². The maximum absolute atomic E-state index is 11.9. The van der Waals surface area contributed by atoms with Gasteiger partial charge in [-0.25, -0.2) is 4.79 Å². The molecule has 0 aromatic rings. The van der Waals surface area contributed by atoms with Crippen LogP contribution in [0.15, 0.2) is 0 Å². The Labute approximate surface area is 86.2 Å². The van der Waals surface area contributed by atoms with Crippen LogP contribution < -0.4 is 5.32 Å². The Balaban J connectivity index is 2.62. The molecule has 4 heteroatoms. The van der Waals surface area contributed by atoms with Gasteiger partial charge in [0.25, 0.3) is 0 Å². The number of amides is 2. The number of hydrogen-bond acceptors (Lipinski definition) is 2. The van der Waals surface area contributed by atoms with Gasteiger partial charge in [0.15, 0.2) is 0 Å². The predicted molar refractivity (Wildman–Crippen MR) is 57.4 cm³/mol. The highest BCUT2D eigenvalue weighted by Crippen LogP contribution is 2.14. The molecule has 0 aliphatic carbocycles. The minimum absolute atomic E-state index is 0.196. The van der Waals surface area contributed by atoms with E-state index in [4.69, 9.17) is 0 Å². The molecule has 1 heterocycles. The molecule has 0 spiro atoms. The summed E-state index contributed by atoms with van der Waals surface area (Å²) in [7, 11) is 1.94. The van der Waals surface area contributed by atoms with Gasteiger partial charge in [0.2, 0.25) is 0 Å². The third kappa shape index (κ3) is 2.18. The lowest BCUT2D eigenvalue weighted by Gasteiger charge is -2.40. The largest absolute Gasteiger partial charge is 0.325 e. The summed E-state index contributed by atoms with van der Waals surface area (Å²) < 4.78 is 0. The number of urea groups is 1. The van der Waals surface area contributed by atoms with Crippen molar-refractivity contribution in [1.82, 2.24) is 15.1 Å². The highest BCUT2D eigenvalue weighted by atomic mass is 16.2. The standard InChI is InChI=1S/C10H21N3O/c1-4-12-7-6-9(8-11-3)13(5-2)10(12)14/h9,11H,4-8H2,1-3H3. The maximum atomic E-state index is 11.9. The van der Waals surface area contributed by atoms with E-state index < -0.39 is 0 Å². The van der Waals surface area contributed by atoms with Gasteiger partial charge in [0.05, 0.1) is 0 Å². The van der Waals surface area contributed by atoms with E-state index >= 15 is 0 Å². The van der Waals surface area contributed by atoms with E-state index in [-0.39, 0.29) is 6.03 Å². The molecule has 2 amide bonds. The van der Waals surface area contributed by atoms with Crippen LogP contribution in [0.5, 0.6) is 0 Å². The van der Waals surface area contributed by atoms with E-state index in [2.05, 4.69) is 5.32 Å². The average molecular weight is 199 g/mol. The summed E-state index contributed by atoms with van der Waals surface area (Å²) in [6.45, 7) is 7.50. The number of carbonyl (C=O) groups excluding carboxylic acids is 1. The molecule has 1 unspecified atom stereocenters. The summed E-state index contributed by atoms with van der Waals surface area (Å²) in [5.41, 5.74) is 0. The van der Waals surface area contributed by atoms with E-state index in [1.54, 1.807) is 0 Å². The van der Waals surface area contributed by atoms with Gasteiger partial charge in [-0.15, -0.1) is 0 Å². The molecule has 1 aliphatic rings. The molecule has 4 nitrogen and oxygen atoms in total. The summed E-state index contributed by atoms with van der Waals surface area (Å²) in [6.07, 6.45) is 1.08. The maximum Gasteiger partial charge on any atom is 0.320 e. The number of hydrogen-bond donors (Lipinski definition) is 1. The molecule has 0 bridgehead atoms. The number of nitrogens with zero attached hydrogens (tertiary/aromatic N) is 2. The lowest BCUT2D eigenvalue weighted by Crippen LogP contribution is -2.56. The third-order valence-corrected chi connectivity index (χ3v) is 2.85. The number of nitrogens with one attached hydrogen (secondary N) is 1. The molecule has 0 aromatic carbocycles. The predicted octanol–water partition coefficient (Wildman–Crippen LogP) is 0.742. The second kappa shape index (κ2) is 5.20. The summed E-state index contributed by atoms with van der Waals surface area (Å²) in [6, 6.07) is 0.571. The zero-order chi connectivity index (χ0) is 10.6. The molecule has 1 rings (SSSR count). The van der Waals surface area contributed by atoms with Crippen molar-refractivity contribution < 1.29 is 4.79 Å². The van der Waals surface area contributed by atoms with Crippen LogP contribution in [0.3, 0.4) is 0 Å². The van der Waals surface area contributed by atoms with Gasteiger partial charge in [-0.05, 0) is 27.3 Å². The highest BCUT2D eigenvalue weighted by Gasteiger charge is 2.30. The van der Waals surface area contributed by atoms with Gasteiger partial charge < -0.3 is 15.1 Å². The van der Waals surface area contributed by atoms with Crippen LogP contribution in [0.2, 0.25) is 0 Å². The zero-order valence-electron chi connectivity index (χ0n) is 9.42. The van der Waals surface area contributed by atoms with E-state index in [1.807, 2.05) is 30.7 Å². The van der Waals surface area contributed by atoms with Crippen molar-refractivity contribution in [2.75, 3.05) is 33.2 Å². The fourth-order valence-electron chi connectivity index (χ4n) is 2.03. The lowest BCUT2D eigenvalue weighted by molar-refractivity contribution is 0.104. The molecule has 1 atom stereocenters. The molecular weight excluding hydrogens is 178 g/mol. The van der Waals surface area contributed by atoms with Crippen molar-refractivity contribution in [2.24, 2.45) is 0 Å². The Morgan fingerprint density at radius 1 is 1.43 bits per heavy atom. The second-order valence-electron chi connectivity index (χ2n) is 3.65. The normalized spacial score (nSPS) is 23.1. The van der Waals surface area contributed by atoms with Crippen molar-refractivity contribution in [3.63, 3.8) is 0 Å². The van der Waals surface area contributed by atoms with Crippen LogP contribution in [0.25, 0.3) is 0 Å². The van der Waals surface area contributed by atoms with Crippen LogP contribution in [0.1, 0.15) is 20.3 Å². The quantitative estimate of drug-likeness (QED) is 0.725. The van der Waals surface area contributed by atoms with Gasteiger partial charge in [-0.2, -0.15) is 0 Å². The molecule has 1 fully saturated rings. The summed E-state index contributed by atoms with van der Waals surface area (Å²) in [4.78, 5) is 15.8. The first kappa shape index (κ1) is 11.3. The Hall–Kier alpha value is -0.770. The zero-order valence-corrected chi connectivity index (χ0v) is 9.42. The van der Waals surface area contributed by atoms with Gasteiger partial charge in [-0.1, -0.05) is 0 Å². The minimum Gasteiger partial charge on any atom is -0.325 e. The Morgan fingerprint density at radius 2 is 2.14 bits per heavy atom. The molecular formula is C10H21N3O. The van der Waals surface area contributed by atoms with Crippen LogP contribution in [-0.2, 0) is 0 Å². The summed E-state index contributed by atoms with van der Waals surface area (Å²) in [5, 5.41) is 3.14. The smallest absolute Gasteiger partial charge is 0.320 e. The first-order chi connectivity index (χ1) is 6.74. The molecule has 0 saturated carbocycles. The molecule has 0 radical (unpaired) electrons. The minimum atomic E-state index is 0.196. The van der Waals surface area contributed by atoms with Crippen LogP contribution >= 0.6 is 0 Å². The van der Waals surface area contributed by atoms with Crippen molar-refractivity contribution in [3.05, 3.63) is 0 Å². The van der Waals surface area contributed by atoms with Crippen molar-refractivity contribution >= 4 is 6.03 Å². The third-order valence-electron chi connectivity index (χ3n) is 2.85. The molecule has 14 heavy (non-hydrogen) atoms. The number of carbonyl (C=O) groups is 1. The van der Waals surface area contributed by atoms with Gasteiger partial charge in [-0.3, -0.25) is 0 Å². The summed E-state index contributed by atoms with van der Waals surface area (Å²) >= 11 is 0. The molecule has 82 valence electrons. The number of likely N-dealkylation sites (N-methyl/N-ethyl adjacent to an activating group) is 2. The Morgan fingerprint density at radius 3 is 2.64 bits per heavy atom. The van der Waals surface area contributed by atoms with E-state index in [0.29, 0.717) is 6.04 Å². The number of rotatable bonds is 4. The second-order valence-corrected chi connectivity index (χ2v) is 3.65. The van der Waals surface area contributed by atoms with E-state index in [1.165, 1.54) is 0 Å². The van der Waals surface area contributed by atoms with Crippen LogP contribution in [0, 0.1) is 0 Å². The average Bonchev–Trinajstić information content (AvgIpc) is 2.19. The molecule has 1 N–H and O–H groups in total. The molecule has 0 aromatic heterocycles.